The zero-order valence-corrected chi connectivity index (χ0v) is 17.7. The lowest BCUT2D eigenvalue weighted by Crippen LogP contribution is -2.41. The Hall–Kier alpha value is -3.46. The van der Waals surface area contributed by atoms with Crippen molar-refractivity contribution in [2.24, 2.45) is 15.3 Å². The topological polar surface area (TPSA) is 102 Å². The van der Waals surface area contributed by atoms with E-state index in [1.807, 2.05) is 29.3 Å². The summed E-state index contributed by atoms with van der Waals surface area (Å²) in [6.07, 6.45) is 0.530. The van der Waals surface area contributed by atoms with E-state index < -0.39 is 6.03 Å². The largest absolute Gasteiger partial charge is 0.504 e. The number of ether oxygens (including phenoxy) is 1. The molecule has 1 fully saturated rings. The van der Waals surface area contributed by atoms with Crippen LogP contribution < -0.4 is 10.1 Å². The molecule has 2 N–H and O–H groups in total. The van der Waals surface area contributed by atoms with Crippen LogP contribution in [0.2, 0.25) is 0 Å². The van der Waals surface area contributed by atoms with E-state index in [-0.39, 0.29) is 11.8 Å². The van der Waals surface area contributed by atoms with Crippen molar-refractivity contribution in [1.82, 2.24) is 15.2 Å². The van der Waals surface area contributed by atoms with Crippen molar-refractivity contribution < 1.29 is 14.6 Å². The van der Waals surface area contributed by atoms with Crippen LogP contribution in [0.5, 0.6) is 11.5 Å². The number of phenols is 1. The average Bonchev–Trinajstić information content (AvgIpc) is 2.79. The number of likely N-dealkylation sites (N-methyl/N-ethyl adjacent to an activating group) is 1. The first-order valence-electron chi connectivity index (χ1n) is 10.2. The molecule has 162 valence electrons. The number of hydrogen-bond acceptors (Lipinski definition) is 6. The van der Waals surface area contributed by atoms with E-state index >= 15 is 0 Å². The van der Waals surface area contributed by atoms with Crippen LogP contribution in [0.4, 0.5) is 10.5 Å². The molecule has 2 heterocycles. The molecular formula is C22H26N6O3. The van der Waals surface area contributed by atoms with Gasteiger partial charge in [-0.3, -0.25) is 5.01 Å². The zero-order valence-electron chi connectivity index (χ0n) is 17.7. The van der Waals surface area contributed by atoms with E-state index in [1.165, 1.54) is 7.11 Å². The van der Waals surface area contributed by atoms with Crippen LogP contribution in [0.1, 0.15) is 23.6 Å². The van der Waals surface area contributed by atoms with E-state index in [0.717, 1.165) is 43.0 Å². The maximum atomic E-state index is 12.2. The van der Waals surface area contributed by atoms with Crippen LogP contribution in [0.15, 0.2) is 57.8 Å². The Morgan fingerprint density at radius 3 is 2.58 bits per heavy atom. The standard InChI is InChI=1S/C22H26N6O3/c1-27-9-11-28(12-10-27)26-25-17-6-3-15(4-7-17)18-14-19(24-22(30)23-18)16-5-8-20(29)21(13-16)31-2/h3-8,13,19,29H,9-12,14H2,1-2H3,(H,24,30). The van der Waals surface area contributed by atoms with E-state index in [4.69, 9.17) is 4.74 Å². The molecule has 4 rings (SSSR count). The fourth-order valence-corrected chi connectivity index (χ4v) is 3.61. The maximum absolute atomic E-state index is 12.2. The number of hydrogen-bond donors (Lipinski definition) is 2. The molecular weight excluding hydrogens is 396 g/mol. The van der Waals surface area contributed by atoms with Gasteiger partial charge in [0.1, 0.15) is 0 Å². The second kappa shape index (κ2) is 9.13. The molecule has 0 aliphatic carbocycles. The summed E-state index contributed by atoms with van der Waals surface area (Å²) in [4.78, 5) is 18.6. The van der Waals surface area contributed by atoms with Crippen LogP contribution >= 0.6 is 0 Å². The van der Waals surface area contributed by atoms with Gasteiger partial charge in [0, 0.05) is 19.5 Å². The first kappa shape index (κ1) is 20.8. The van der Waals surface area contributed by atoms with Gasteiger partial charge in [-0.25, -0.2) is 4.79 Å². The molecule has 1 saturated heterocycles. The van der Waals surface area contributed by atoms with E-state index in [0.29, 0.717) is 17.9 Å². The predicted octanol–water partition coefficient (Wildman–Crippen LogP) is 3.29. The minimum atomic E-state index is -0.392. The number of carbonyl (C=O) groups is 1. The lowest BCUT2D eigenvalue weighted by molar-refractivity contribution is 0.150. The Kier molecular flexibility index (Phi) is 6.13. The van der Waals surface area contributed by atoms with Crippen molar-refractivity contribution in [2.45, 2.75) is 12.5 Å². The maximum Gasteiger partial charge on any atom is 0.341 e. The monoisotopic (exact) mass is 422 g/mol. The van der Waals surface area contributed by atoms with Crippen molar-refractivity contribution in [2.75, 3.05) is 40.3 Å². The van der Waals surface area contributed by atoms with E-state index in [9.17, 15) is 9.90 Å². The smallest absolute Gasteiger partial charge is 0.341 e. The van der Waals surface area contributed by atoms with Gasteiger partial charge in [-0.1, -0.05) is 23.4 Å². The lowest BCUT2D eigenvalue weighted by atomic mass is 9.95. The number of nitrogens with one attached hydrogen (secondary N) is 1. The molecule has 1 atom stereocenters. The zero-order chi connectivity index (χ0) is 21.8. The van der Waals surface area contributed by atoms with Gasteiger partial charge in [-0.05, 0) is 42.4 Å². The summed E-state index contributed by atoms with van der Waals surface area (Å²) in [6, 6.07) is 12.0. The van der Waals surface area contributed by atoms with Gasteiger partial charge in [0.05, 0.1) is 37.6 Å². The molecule has 0 aromatic heterocycles. The lowest BCUT2D eigenvalue weighted by Gasteiger charge is -2.29. The Bertz CT molecular complexity index is 997. The SMILES string of the molecule is COc1cc(C2CC(c3ccc(N=NN4CCN(C)CC4)cc3)=NC(=O)N2)ccc1O. The van der Waals surface area contributed by atoms with Crippen LogP contribution in [0, 0.1) is 0 Å². The Morgan fingerprint density at radius 1 is 1.13 bits per heavy atom. The molecule has 0 saturated carbocycles. The van der Waals surface area contributed by atoms with E-state index in [2.05, 4.69) is 32.6 Å². The van der Waals surface area contributed by atoms with E-state index in [1.54, 1.807) is 18.2 Å². The van der Waals surface area contributed by atoms with Crippen LogP contribution in [-0.2, 0) is 0 Å². The number of phenolic OH excluding ortho intramolecular Hbond substituents is 1. The van der Waals surface area contributed by atoms with Gasteiger partial charge in [-0.2, -0.15) is 4.99 Å². The van der Waals surface area contributed by atoms with Crippen molar-refractivity contribution in [1.29, 1.82) is 0 Å². The van der Waals surface area contributed by atoms with Crippen LogP contribution in [0.3, 0.4) is 0 Å². The van der Waals surface area contributed by atoms with Gasteiger partial charge in [0.25, 0.3) is 0 Å². The molecule has 0 spiro atoms. The fourth-order valence-electron chi connectivity index (χ4n) is 3.61. The number of aliphatic imine (C=N–C) groups is 1. The first-order valence-corrected chi connectivity index (χ1v) is 10.2. The molecule has 9 heteroatoms. The van der Waals surface area contributed by atoms with Crippen LogP contribution in [-0.4, -0.2) is 67.1 Å². The number of nitrogens with zero attached hydrogens (tertiary/aromatic N) is 5. The molecule has 9 nitrogen and oxygen atoms in total. The summed E-state index contributed by atoms with van der Waals surface area (Å²) in [7, 11) is 3.60. The number of carbonyl (C=O) groups excluding carboxylic acids is 1. The van der Waals surface area contributed by atoms with Gasteiger partial charge < -0.3 is 20.1 Å². The van der Waals surface area contributed by atoms with Crippen molar-refractivity contribution >= 4 is 17.4 Å². The molecule has 1 unspecified atom stereocenters. The quantitative estimate of drug-likeness (QED) is 0.720. The molecule has 0 radical (unpaired) electrons. The number of aromatic hydroxyl groups is 1. The molecule has 2 amide bonds. The second-order valence-electron chi connectivity index (χ2n) is 7.69. The molecule has 2 aliphatic rings. The third-order valence-electron chi connectivity index (χ3n) is 5.50. The highest BCUT2D eigenvalue weighted by Gasteiger charge is 2.24. The van der Waals surface area contributed by atoms with Gasteiger partial charge in [0.15, 0.2) is 11.5 Å². The average molecular weight is 422 g/mol. The summed E-state index contributed by atoms with van der Waals surface area (Å²) in [5, 5.41) is 23.3. The van der Waals surface area contributed by atoms with Gasteiger partial charge in [0.2, 0.25) is 0 Å². The number of rotatable bonds is 5. The summed E-state index contributed by atoms with van der Waals surface area (Å²) in [5.74, 6) is 0.425. The Balaban J connectivity index is 1.45. The van der Waals surface area contributed by atoms with Gasteiger partial charge in [-0.15, -0.1) is 5.11 Å². The Labute approximate surface area is 181 Å². The molecule has 2 aliphatic heterocycles. The molecule has 31 heavy (non-hydrogen) atoms. The predicted molar refractivity (Wildman–Crippen MR) is 117 cm³/mol. The summed E-state index contributed by atoms with van der Waals surface area (Å²) in [5.41, 5.74) is 3.16. The number of benzene rings is 2. The summed E-state index contributed by atoms with van der Waals surface area (Å²) >= 11 is 0. The third-order valence-corrected chi connectivity index (χ3v) is 5.50. The molecule has 2 aromatic carbocycles. The summed E-state index contributed by atoms with van der Waals surface area (Å²) < 4.78 is 5.18. The van der Waals surface area contributed by atoms with Crippen molar-refractivity contribution in [3.05, 3.63) is 53.6 Å². The highest BCUT2D eigenvalue weighted by Crippen LogP contribution is 2.32. The minimum Gasteiger partial charge on any atom is -0.504 e. The third kappa shape index (κ3) is 5.00. The number of amides is 2. The minimum absolute atomic E-state index is 0.0589. The number of urea groups is 1. The fraction of sp³-hybridized carbons (Fsp3) is 0.364. The normalized spacial score (nSPS) is 19.9. The van der Waals surface area contributed by atoms with Crippen LogP contribution in [0.25, 0.3) is 0 Å². The highest BCUT2D eigenvalue weighted by atomic mass is 16.5. The number of piperazine rings is 1. The molecule has 2 aromatic rings. The van der Waals surface area contributed by atoms with Crippen molar-refractivity contribution in [3.8, 4) is 11.5 Å². The summed E-state index contributed by atoms with van der Waals surface area (Å²) in [6.45, 7) is 3.70. The first-order chi connectivity index (χ1) is 15.0. The Morgan fingerprint density at radius 2 is 1.87 bits per heavy atom. The van der Waals surface area contributed by atoms with Gasteiger partial charge >= 0.3 is 6.03 Å². The van der Waals surface area contributed by atoms with Crippen molar-refractivity contribution in [3.63, 3.8) is 0 Å². The number of methoxy groups -OCH3 is 1. The highest BCUT2D eigenvalue weighted by molar-refractivity contribution is 6.08. The second-order valence-corrected chi connectivity index (χ2v) is 7.69. The molecule has 0 bridgehead atoms.